The second kappa shape index (κ2) is 6.84. The molecule has 2 aromatic rings. The molecule has 1 heterocycles. The summed E-state index contributed by atoms with van der Waals surface area (Å²) >= 11 is 0. The van der Waals surface area contributed by atoms with Crippen LogP contribution in [0.5, 0.6) is 5.75 Å². The van der Waals surface area contributed by atoms with Crippen LogP contribution in [0.2, 0.25) is 0 Å². The topological polar surface area (TPSA) is 55.6 Å². The van der Waals surface area contributed by atoms with Gasteiger partial charge < -0.3 is 15.4 Å². The van der Waals surface area contributed by atoms with E-state index in [1.165, 1.54) is 0 Å². The van der Waals surface area contributed by atoms with Crippen molar-refractivity contribution in [2.75, 3.05) is 18.1 Å². The summed E-state index contributed by atoms with van der Waals surface area (Å²) in [4.78, 5) is 14.3. The van der Waals surface area contributed by atoms with Gasteiger partial charge in [-0.1, -0.05) is 30.3 Å². The molecule has 4 heteroatoms. The molecule has 0 saturated carbocycles. The van der Waals surface area contributed by atoms with Crippen molar-refractivity contribution in [2.45, 2.75) is 25.8 Å². The second-order valence-corrected chi connectivity index (χ2v) is 6.01. The summed E-state index contributed by atoms with van der Waals surface area (Å²) in [6, 6.07) is 15.8. The van der Waals surface area contributed by atoms with Gasteiger partial charge in [-0.3, -0.25) is 4.79 Å². The minimum atomic E-state index is -0.00783. The number of amides is 1. The van der Waals surface area contributed by atoms with Crippen LogP contribution in [0.4, 0.5) is 5.69 Å². The number of hydrogen-bond acceptors (Lipinski definition) is 3. The highest BCUT2D eigenvalue weighted by Crippen LogP contribution is 2.26. The average Bonchev–Trinajstić information content (AvgIpc) is 2.54. The smallest absolute Gasteiger partial charge is 0.230 e. The largest absolute Gasteiger partial charge is 0.493 e. The Kier molecular flexibility index (Phi) is 4.63. The number of anilines is 1. The van der Waals surface area contributed by atoms with Crippen molar-refractivity contribution in [1.29, 1.82) is 0 Å². The molecule has 0 fully saturated rings. The van der Waals surface area contributed by atoms with Crippen LogP contribution >= 0.6 is 0 Å². The lowest BCUT2D eigenvalue weighted by Gasteiger charge is -2.33. The van der Waals surface area contributed by atoms with E-state index in [1.54, 1.807) is 4.90 Å². The standard InChI is InChI=1S/C19H22N2O2/c1-14-5-4-7-17(11-14)23-10-9-19(22)21-13-16(20)12-15-6-2-3-8-18(15)21/h2-8,11,16H,9-10,12-13,20H2,1H3. The summed E-state index contributed by atoms with van der Waals surface area (Å²) in [5, 5.41) is 0. The quantitative estimate of drug-likeness (QED) is 0.944. The minimum Gasteiger partial charge on any atom is -0.493 e. The van der Waals surface area contributed by atoms with Gasteiger partial charge in [-0.2, -0.15) is 0 Å². The number of aryl methyl sites for hydroxylation is 1. The van der Waals surface area contributed by atoms with Crippen molar-refractivity contribution >= 4 is 11.6 Å². The van der Waals surface area contributed by atoms with Gasteiger partial charge in [0.15, 0.2) is 0 Å². The SMILES string of the molecule is Cc1cccc(OCCC(=O)N2CC(N)Cc3ccccc32)c1. The summed E-state index contributed by atoms with van der Waals surface area (Å²) in [7, 11) is 0. The Morgan fingerprint density at radius 3 is 2.91 bits per heavy atom. The van der Waals surface area contributed by atoms with Gasteiger partial charge in [-0.25, -0.2) is 0 Å². The zero-order chi connectivity index (χ0) is 16.2. The molecular formula is C19H22N2O2. The van der Waals surface area contributed by atoms with Gasteiger partial charge >= 0.3 is 0 Å². The third kappa shape index (κ3) is 3.71. The van der Waals surface area contributed by atoms with Crippen LogP contribution in [-0.4, -0.2) is 25.1 Å². The normalized spacial score (nSPS) is 16.8. The molecule has 1 unspecified atom stereocenters. The molecule has 0 aliphatic carbocycles. The van der Waals surface area contributed by atoms with Crippen LogP contribution in [0.25, 0.3) is 0 Å². The number of hydrogen-bond donors (Lipinski definition) is 1. The van der Waals surface area contributed by atoms with Crippen LogP contribution in [-0.2, 0) is 11.2 Å². The number of benzene rings is 2. The Hall–Kier alpha value is -2.33. The molecule has 23 heavy (non-hydrogen) atoms. The zero-order valence-electron chi connectivity index (χ0n) is 13.4. The molecule has 3 rings (SSSR count). The van der Waals surface area contributed by atoms with E-state index in [9.17, 15) is 4.79 Å². The van der Waals surface area contributed by atoms with E-state index >= 15 is 0 Å². The van der Waals surface area contributed by atoms with E-state index < -0.39 is 0 Å². The van der Waals surface area contributed by atoms with E-state index in [4.69, 9.17) is 10.5 Å². The fourth-order valence-corrected chi connectivity index (χ4v) is 2.96. The highest BCUT2D eigenvalue weighted by Gasteiger charge is 2.26. The fraction of sp³-hybridized carbons (Fsp3) is 0.316. The predicted molar refractivity (Wildman–Crippen MR) is 91.8 cm³/mol. The third-order valence-electron chi connectivity index (χ3n) is 4.06. The van der Waals surface area contributed by atoms with E-state index in [0.29, 0.717) is 19.6 Å². The van der Waals surface area contributed by atoms with Crippen molar-refractivity contribution in [3.05, 3.63) is 59.7 Å². The first-order valence-corrected chi connectivity index (χ1v) is 7.97. The highest BCUT2D eigenvalue weighted by molar-refractivity contribution is 5.94. The van der Waals surface area contributed by atoms with E-state index in [-0.39, 0.29) is 11.9 Å². The minimum absolute atomic E-state index is 0.00783. The Morgan fingerprint density at radius 1 is 1.26 bits per heavy atom. The maximum absolute atomic E-state index is 12.6. The summed E-state index contributed by atoms with van der Waals surface area (Å²) < 4.78 is 5.68. The molecule has 2 N–H and O–H groups in total. The third-order valence-corrected chi connectivity index (χ3v) is 4.06. The molecule has 4 nitrogen and oxygen atoms in total. The van der Waals surface area contributed by atoms with Crippen LogP contribution < -0.4 is 15.4 Å². The molecule has 1 aliphatic heterocycles. The fourth-order valence-electron chi connectivity index (χ4n) is 2.96. The van der Waals surface area contributed by atoms with Crippen molar-refractivity contribution in [1.82, 2.24) is 0 Å². The number of nitrogens with zero attached hydrogens (tertiary/aromatic N) is 1. The lowest BCUT2D eigenvalue weighted by Crippen LogP contribution is -2.46. The number of carbonyl (C=O) groups excluding carboxylic acids is 1. The molecule has 0 spiro atoms. The zero-order valence-corrected chi connectivity index (χ0v) is 13.4. The average molecular weight is 310 g/mol. The first-order valence-electron chi connectivity index (χ1n) is 7.97. The number of carbonyl (C=O) groups is 1. The Balaban J connectivity index is 1.62. The van der Waals surface area contributed by atoms with Crippen LogP contribution in [0.1, 0.15) is 17.5 Å². The van der Waals surface area contributed by atoms with Crippen LogP contribution in [0.15, 0.2) is 48.5 Å². The second-order valence-electron chi connectivity index (χ2n) is 6.01. The van der Waals surface area contributed by atoms with Gasteiger partial charge in [-0.05, 0) is 42.7 Å². The van der Waals surface area contributed by atoms with E-state index in [0.717, 1.165) is 29.0 Å². The lowest BCUT2D eigenvalue weighted by molar-refractivity contribution is -0.119. The van der Waals surface area contributed by atoms with Crippen molar-refractivity contribution in [3.63, 3.8) is 0 Å². The molecule has 120 valence electrons. The molecule has 0 aromatic heterocycles. The van der Waals surface area contributed by atoms with Crippen LogP contribution in [0, 0.1) is 6.92 Å². The van der Waals surface area contributed by atoms with Crippen molar-refractivity contribution in [3.8, 4) is 5.75 Å². The van der Waals surface area contributed by atoms with Crippen molar-refractivity contribution < 1.29 is 9.53 Å². The summed E-state index contributed by atoms with van der Waals surface area (Å²) in [5.41, 5.74) is 9.35. The molecule has 0 bridgehead atoms. The summed E-state index contributed by atoms with van der Waals surface area (Å²) in [5.74, 6) is 0.855. The van der Waals surface area contributed by atoms with Crippen molar-refractivity contribution in [2.24, 2.45) is 5.73 Å². The van der Waals surface area contributed by atoms with Gasteiger partial charge in [0.25, 0.3) is 0 Å². The highest BCUT2D eigenvalue weighted by atomic mass is 16.5. The maximum atomic E-state index is 12.6. The van der Waals surface area contributed by atoms with Gasteiger partial charge in [-0.15, -0.1) is 0 Å². The van der Waals surface area contributed by atoms with Gasteiger partial charge in [0.1, 0.15) is 5.75 Å². The maximum Gasteiger partial charge on any atom is 0.230 e. The number of para-hydroxylation sites is 1. The van der Waals surface area contributed by atoms with Gasteiger partial charge in [0.05, 0.1) is 13.0 Å². The first-order chi connectivity index (χ1) is 11.1. The predicted octanol–water partition coefficient (Wildman–Crippen LogP) is 2.68. The summed E-state index contributed by atoms with van der Waals surface area (Å²) in [6.07, 6.45) is 1.16. The number of ether oxygens (including phenoxy) is 1. The molecule has 0 radical (unpaired) electrons. The monoisotopic (exact) mass is 310 g/mol. The molecule has 2 aromatic carbocycles. The number of fused-ring (bicyclic) bond motifs is 1. The van der Waals surface area contributed by atoms with E-state index in [1.807, 2.05) is 55.5 Å². The van der Waals surface area contributed by atoms with E-state index in [2.05, 4.69) is 0 Å². The van der Waals surface area contributed by atoms with Crippen LogP contribution in [0.3, 0.4) is 0 Å². The Labute approximate surface area is 136 Å². The Bertz CT molecular complexity index is 699. The molecule has 1 amide bonds. The molecule has 1 atom stereocenters. The molecular weight excluding hydrogens is 288 g/mol. The van der Waals surface area contributed by atoms with Gasteiger partial charge in [0.2, 0.25) is 5.91 Å². The van der Waals surface area contributed by atoms with Gasteiger partial charge in [0, 0.05) is 18.3 Å². The Morgan fingerprint density at radius 2 is 2.09 bits per heavy atom. The lowest BCUT2D eigenvalue weighted by atomic mass is 9.98. The first kappa shape index (κ1) is 15.6. The molecule has 1 aliphatic rings. The number of rotatable bonds is 4. The summed E-state index contributed by atoms with van der Waals surface area (Å²) in [6.45, 7) is 2.96. The number of nitrogens with two attached hydrogens (primary N) is 1. The molecule has 0 saturated heterocycles.